The maximum absolute atomic E-state index is 12.3. The van der Waals surface area contributed by atoms with E-state index in [4.69, 9.17) is 4.98 Å². The average Bonchev–Trinajstić information content (AvgIpc) is 2.45. The molecule has 112 valence electrons. The minimum atomic E-state index is -0.206. The Bertz CT molecular complexity index is 858. The fraction of sp³-hybridized carbons (Fsp3) is 0.300. The molecule has 1 aromatic heterocycles. The molecule has 0 radical (unpaired) electrons. The number of pyridine rings is 1. The van der Waals surface area contributed by atoms with E-state index < -0.39 is 0 Å². The van der Waals surface area contributed by atoms with Gasteiger partial charge in [0.15, 0.2) is 0 Å². The van der Waals surface area contributed by atoms with Gasteiger partial charge in [-0.25, -0.2) is 0 Å². The third kappa shape index (κ3) is 2.39. The van der Waals surface area contributed by atoms with Gasteiger partial charge in [-0.05, 0) is 23.8 Å². The van der Waals surface area contributed by atoms with Crippen LogP contribution in [0.15, 0.2) is 48.5 Å². The molecule has 0 saturated heterocycles. The van der Waals surface area contributed by atoms with E-state index in [1.165, 1.54) is 5.39 Å². The number of aromatic nitrogens is 1. The minimum Gasteiger partial charge on any atom is -0.299 e. The lowest BCUT2D eigenvalue weighted by Crippen LogP contribution is -2.26. The number of rotatable bonds is 2. The van der Waals surface area contributed by atoms with Gasteiger partial charge in [-0.15, -0.1) is 0 Å². The molecule has 0 aliphatic carbocycles. The van der Waals surface area contributed by atoms with Crippen molar-refractivity contribution in [2.45, 2.75) is 33.6 Å². The van der Waals surface area contributed by atoms with Crippen LogP contribution < -0.4 is 0 Å². The smallest absolute Gasteiger partial charge is 0.139 e. The number of hydrogen-bond acceptors (Lipinski definition) is 2. The number of carbonyl (C=O) groups excluding carboxylic acids is 1. The summed E-state index contributed by atoms with van der Waals surface area (Å²) in [5.41, 5.74) is 1.69. The van der Waals surface area contributed by atoms with Gasteiger partial charge >= 0.3 is 0 Å². The average molecular weight is 291 g/mol. The van der Waals surface area contributed by atoms with E-state index >= 15 is 0 Å². The van der Waals surface area contributed by atoms with E-state index in [0.29, 0.717) is 0 Å². The van der Waals surface area contributed by atoms with Crippen LogP contribution in [0.25, 0.3) is 21.7 Å². The Kier molecular flexibility index (Phi) is 3.48. The Morgan fingerprint density at radius 1 is 0.909 bits per heavy atom. The lowest BCUT2D eigenvalue weighted by Gasteiger charge is -2.29. The zero-order valence-electron chi connectivity index (χ0n) is 13.6. The second-order valence-electron chi connectivity index (χ2n) is 6.97. The maximum atomic E-state index is 12.3. The summed E-state index contributed by atoms with van der Waals surface area (Å²) < 4.78 is 0. The molecule has 22 heavy (non-hydrogen) atoms. The van der Waals surface area contributed by atoms with Gasteiger partial charge in [-0.2, -0.15) is 0 Å². The number of hydrogen-bond donors (Lipinski definition) is 0. The zero-order valence-corrected chi connectivity index (χ0v) is 13.6. The van der Waals surface area contributed by atoms with Gasteiger partial charge in [0.1, 0.15) is 5.78 Å². The molecule has 0 saturated carbocycles. The lowest BCUT2D eigenvalue weighted by molar-refractivity contribution is -0.120. The van der Waals surface area contributed by atoms with Gasteiger partial charge in [0.2, 0.25) is 0 Å². The fourth-order valence-electron chi connectivity index (χ4n) is 3.36. The molecule has 0 spiro atoms. The van der Waals surface area contributed by atoms with Crippen LogP contribution in [0.2, 0.25) is 0 Å². The van der Waals surface area contributed by atoms with Gasteiger partial charge in [0.25, 0.3) is 0 Å². The van der Waals surface area contributed by atoms with Gasteiger partial charge in [-0.3, -0.25) is 9.78 Å². The highest BCUT2D eigenvalue weighted by Gasteiger charge is 2.33. The molecule has 3 aromatic rings. The van der Waals surface area contributed by atoms with Crippen molar-refractivity contribution in [3.8, 4) is 0 Å². The van der Waals surface area contributed by atoms with Crippen LogP contribution in [0.4, 0.5) is 0 Å². The maximum Gasteiger partial charge on any atom is 0.139 e. The van der Waals surface area contributed by atoms with E-state index in [9.17, 15) is 4.79 Å². The third-order valence-corrected chi connectivity index (χ3v) is 4.18. The summed E-state index contributed by atoms with van der Waals surface area (Å²) in [4.78, 5) is 17.2. The van der Waals surface area contributed by atoms with E-state index in [0.717, 1.165) is 22.0 Å². The van der Waals surface area contributed by atoms with Crippen LogP contribution in [0.5, 0.6) is 0 Å². The topological polar surface area (TPSA) is 30.0 Å². The summed E-state index contributed by atoms with van der Waals surface area (Å²) in [5.74, 6) is -0.0394. The van der Waals surface area contributed by atoms with Gasteiger partial charge in [-0.1, -0.05) is 63.2 Å². The molecule has 0 bridgehead atoms. The number of ketones is 1. The summed E-state index contributed by atoms with van der Waals surface area (Å²) in [7, 11) is 0. The van der Waals surface area contributed by atoms with Crippen LogP contribution in [-0.2, 0) is 4.79 Å². The number of nitrogens with zero attached hydrogens (tertiary/aromatic N) is 1. The molecule has 0 aliphatic heterocycles. The molecule has 3 rings (SSSR count). The molecule has 2 nitrogen and oxygen atoms in total. The predicted octanol–water partition coefficient (Wildman–Crippen LogP) is 5.11. The van der Waals surface area contributed by atoms with Crippen molar-refractivity contribution in [2.75, 3.05) is 0 Å². The Morgan fingerprint density at radius 2 is 1.45 bits per heavy atom. The molecule has 1 unspecified atom stereocenters. The minimum absolute atomic E-state index is 0.163. The van der Waals surface area contributed by atoms with Crippen LogP contribution >= 0.6 is 0 Å². The van der Waals surface area contributed by atoms with Crippen molar-refractivity contribution in [1.82, 2.24) is 4.98 Å². The summed E-state index contributed by atoms with van der Waals surface area (Å²) in [6.45, 7) is 7.97. The van der Waals surface area contributed by atoms with E-state index in [-0.39, 0.29) is 17.1 Å². The summed E-state index contributed by atoms with van der Waals surface area (Å²) >= 11 is 0. The molecule has 1 heterocycles. The Hall–Kier alpha value is -2.22. The van der Waals surface area contributed by atoms with Crippen LogP contribution in [0.1, 0.15) is 39.3 Å². The van der Waals surface area contributed by atoms with Crippen molar-refractivity contribution >= 4 is 27.5 Å². The molecule has 0 N–H and O–H groups in total. The first-order valence-electron chi connectivity index (χ1n) is 7.67. The highest BCUT2D eigenvalue weighted by molar-refractivity contribution is 6.07. The molecule has 2 aromatic carbocycles. The third-order valence-electron chi connectivity index (χ3n) is 4.18. The highest BCUT2D eigenvalue weighted by Crippen LogP contribution is 2.39. The number of carbonyl (C=O) groups is 1. The van der Waals surface area contributed by atoms with Crippen molar-refractivity contribution in [1.29, 1.82) is 0 Å². The molecular formula is C20H21NO. The van der Waals surface area contributed by atoms with Gasteiger partial charge in [0.05, 0.1) is 17.1 Å². The standard InChI is InChI=1S/C20H21NO/c1-13(22)18(20(2,3)4)19-16-11-6-5-9-14(16)15-10-7-8-12-17(15)21-19/h5-12,18H,1-4H3. The Labute approximate surface area is 131 Å². The van der Waals surface area contributed by atoms with Crippen LogP contribution in [0, 0.1) is 5.41 Å². The molecule has 0 aliphatic rings. The molecule has 1 atom stereocenters. The van der Waals surface area contributed by atoms with E-state index in [1.54, 1.807) is 6.92 Å². The first-order chi connectivity index (χ1) is 10.4. The van der Waals surface area contributed by atoms with E-state index in [1.807, 2.05) is 30.3 Å². The van der Waals surface area contributed by atoms with Crippen molar-refractivity contribution < 1.29 is 4.79 Å². The number of para-hydroxylation sites is 1. The fourth-order valence-corrected chi connectivity index (χ4v) is 3.36. The largest absolute Gasteiger partial charge is 0.299 e. The van der Waals surface area contributed by atoms with Gasteiger partial charge in [0, 0.05) is 10.8 Å². The first kappa shape index (κ1) is 14.7. The lowest BCUT2D eigenvalue weighted by atomic mass is 9.75. The van der Waals surface area contributed by atoms with E-state index in [2.05, 4.69) is 39.0 Å². The monoisotopic (exact) mass is 291 g/mol. The van der Waals surface area contributed by atoms with Crippen molar-refractivity contribution in [3.05, 3.63) is 54.2 Å². The van der Waals surface area contributed by atoms with Crippen molar-refractivity contribution in [3.63, 3.8) is 0 Å². The zero-order chi connectivity index (χ0) is 15.9. The Morgan fingerprint density at radius 3 is 2.05 bits per heavy atom. The second kappa shape index (κ2) is 5.20. The Balaban J connectivity index is 2.43. The summed E-state index contributed by atoms with van der Waals surface area (Å²) in [6.07, 6.45) is 0. The molecular weight excluding hydrogens is 270 g/mol. The molecule has 2 heteroatoms. The van der Waals surface area contributed by atoms with Crippen molar-refractivity contribution in [2.24, 2.45) is 5.41 Å². The number of fused-ring (bicyclic) bond motifs is 3. The summed E-state index contributed by atoms with van der Waals surface area (Å²) in [5, 5.41) is 3.38. The second-order valence-corrected chi connectivity index (χ2v) is 6.97. The quantitative estimate of drug-likeness (QED) is 0.614. The highest BCUT2D eigenvalue weighted by atomic mass is 16.1. The molecule has 0 fully saturated rings. The molecule has 0 amide bonds. The number of benzene rings is 2. The first-order valence-corrected chi connectivity index (χ1v) is 7.67. The SMILES string of the molecule is CC(=O)C(c1nc2ccccc2c2ccccc12)C(C)(C)C. The predicted molar refractivity (Wildman–Crippen MR) is 92.1 cm³/mol. The van der Waals surface area contributed by atoms with Crippen LogP contribution in [0.3, 0.4) is 0 Å². The van der Waals surface area contributed by atoms with Gasteiger partial charge < -0.3 is 0 Å². The summed E-state index contributed by atoms with van der Waals surface area (Å²) in [6, 6.07) is 16.4. The number of Topliss-reactive ketones (excluding diaryl/α,β-unsaturated/α-hetero) is 1. The normalized spacial score (nSPS) is 13.5. The van der Waals surface area contributed by atoms with Crippen LogP contribution in [-0.4, -0.2) is 10.8 Å².